The van der Waals surface area contributed by atoms with Gasteiger partial charge in [0.15, 0.2) is 0 Å². The zero-order valence-corrected chi connectivity index (χ0v) is 26.0. The zero-order chi connectivity index (χ0) is 27.4. The van der Waals surface area contributed by atoms with Crippen molar-refractivity contribution in [3.8, 4) is 0 Å². The van der Waals surface area contributed by atoms with E-state index >= 15 is 0 Å². The third kappa shape index (κ3) is 11.5. The van der Waals surface area contributed by atoms with Crippen LogP contribution in [0.4, 0.5) is 5.69 Å². The largest absolute Gasteiger partial charge is 0.301 e. The molecule has 1 aromatic carbocycles. The summed E-state index contributed by atoms with van der Waals surface area (Å²) in [5.41, 5.74) is 3.73. The van der Waals surface area contributed by atoms with Crippen molar-refractivity contribution in [3.05, 3.63) is 28.8 Å². The Morgan fingerprint density at radius 2 is 1.03 bits per heavy atom. The van der Waals surface area contributed by atoms with Crippen LogP contribution in [-0.2, 0) is 21.0 Å². The van der Waals surface area contributed by atoms with Crippen LogP contribution in [0.1, 0.15) is 149 Å². The van der Waals surface area contributed by atoms with Crippen molar-refractivity contribution < 1.29 is 8.42 Å². The fourth-order valence-corrected chi connectivity index (χ4v) is 6.11. The molecule has 0 aliphatic rings. The van der Waals surface area contributed by atoms with E-state index in [1.807, 2.05) is 0 Å². The van der Waals surface area contributed by atoms with Gasteiger partial charge in [0, 0.05) is 13.1 Å². The maximum Gasteiger partial charge on any atom is 0.301 e. The average molecular weight is 523 g/mol. The second kappa shape index (κ2) is 15.4. The number of nitrogens with one attached hydrogen (secondary N) is 1. The average Bonchev–Trinajstić information content (AvgIpc) is 2.76. The van der Waals surface area contributed by atoms with E-state index in [0.717, 1.165) is 42.5 Å². The first-order chi connectivity index (χ1) is 16.7. The normalized spacial score (nSPS) is 12.9. The summed E-state index contributed by atoms with van der Waals surface area (Å²) in [7, 11) is -3.67. The van der Waals surface area contributed by atoms with Gasteiger partial charge in [-0.2, -0.15) is 12.7 Å². The van der Waals surface area contributed by atoms with Gasteiger partial charge >= 0.3 is 10.2 Å². The van der Waals surface area contributed by atoms with E-state index in [2.05, 4.69) is 79.2 Å². The minimum Gasteiger partial charge on any atom is -0.270 e. The van der Waals surface area contributed by atoms with Gasteiger partial charge in [-0.15, -0.1) is 0 Å². The number of aryl methyl sites for hydroxylation is 1. The van der Waals surface area contributed by atoms with Gasteiger partial charge in [0.2, 0.25) is 0 Å². The van der Waals surface area contributed by atoms with Gasteiger partial charge in [-0.3, -0.25) is 4.72 Å². The van der Waals surface area contributed by atoms with Gasteiger partial charge in [-0.05, 0) is 41.7 Å². The number of unbranched alkanes of at least 4 members (excludes halogenated alkanes) is 10. The number of benzene rings is 1. The maximum atomic E-state index is 13.9. The van der Waals surface area contributed by atoms with Crippen LogP contribution in [0.2, 0.25) is 0 Å². The molecule has 210 valence electrons. The SMILES string of the molecule is CCCCCCCCN(CCCCCCCC)S(=O)(=O)Nc1c(C(C)(C)C)cc(C)cc1C(C)(C)C. The van der Waals surface area contributed by atoms with Crippen LogP contribution in [-0.4, -0.2) is 25.8 Å². The van der Waals surface area contributed by atoms with E-state index in [1.54, 1.807) is 4.31 Å². The quantitative estimate of drug-likeness (QED) is 0.207. The zero-order valence-electron chi connectivity index (χ0n) is 25.2. The van der Waals surface area contributed by atoms with E-state index < -0.39 is 10.2 Å². The summed E-state index contributed by atoms with van der Waals surface area (Å²) in [6, 6.07) is 4.30. The molecule has 0 atom stereocenters. The van der Waals surface area contributed by atoms with Crippen molar-refractivity contribution in [2.45, 2.75) is 150 Å². The highest BCUT2D eigenvalue weighted by molar-refractivity contribution is 7.90. The van der Waals surface area contributed by atoms with Crippen molar-refractivity contribution in [2.24, 2.45) is 0 Å². The number of nitrogens with zero attached hydrogens (tertiary/aromatic N) is 1. The second-order valence-corrected chi connectivity index (χ2v) is 14.4. The molecule has 0 aromatic heterocycles. The molecular formula is C31H58N2O2S. The van der Waals surface area contributed by atoms with Crippen LogP contribution in [0.5, 0.6) is 0 Å². The Morgan fingerprint density at radius 3 is 1.39 bits per heavy atom. The molecule has 0 spiro atoms. The first kappa shape index (κ1) is 33.0. The molecule has 0 unspecified atom stereocenters. The molecule has 0 radical (unpaired) electrons. The van der Waals surface area contributed by atoms with Crippen LogP contribution in [0.3, 0.4) is 0 Å². The Balaban J connectivity index is 3.19. The standard InChI is InChI=1S/C31H58N2O2S/c1-10-12-14-16-18-20-22-33(23-21-19-17-15-13-11-2)36(34,35)32-29-27(30(4,5)6)24-26(3)25-28(29)31(7,8)9/h24-25,32H,10-23H2,1-9H3. The van der Waals surface area contributed by atoms with Crippen molar-refractivity contribution in [1.29, 1.82) is 0 Å². The second-order valence-electron chi connectivity index (χ2n) is 12.8. The van der Waals surface area contributed by atoms with Crippen molar-refractivity contribution in [3.63, 3.8) is 0 Å². The smallest absolute Gasteiger partial charge is 0.270 e. The van der Waals surface area contributed by atoms with E-state index in [1.165, 1.54) is 56.9 Å². The third-order valence-corrected chi connectivity index (χ3v) is 8.50. The highest BCUT2D eigenvalue weighted by atomic mass is 32.2. The number of hydrogen-bond acceptors (Lipinski definition) is 2. The monoisotopic (exact) mass is 522 g/mol. The summed E-state index contributed by atoms with van der Waals surface area (Å²) in [6.45, 7) is 20.7. The highest BCUT2D eigenvalue weighted by Gasteiger charge is 2.30. The van der Waals surface area contributed by atoms with Crippen LogP contribution >= 0.6 is 0 Å². The number of hydrogen-bond donors (Lipinski definition) is 1. The Labute approximate surface area is 225 Å². The lowest BCUT2D eigenvalue weighted by molar-refractivity contribution is 0.386. The Kier molecular flexibility index (Phi) is 14.1. The van der Waals surface area contributed by atoms with E-state index in [4.69, 9.17) is 0 Å². The van der Waals surface area contributed by atoms with Gasteiger partial charge < -0.3 is 0 Å². The molecule has 0 bridgehead atoms. The number of anilines is 1. The highest BCUT2D eigenvalue weighted by Crippen LogP contribution is 2.39. The van der Waals surface area contributed by atoms with Gasteiger partial charge in [0.05, 0.1) is 5.69 Å². The molecule has 0 fully saturated rings. The molecule has 0 saturated carbocycles. The Bertz CT molecular complexity index is 813. The molecule has 0 aliphatic carbocycles. The van der Waals surface area contributed by atoms with Gasteiger partial charge in [0.1, 0.15) is 0 Å². The van der Waals surface area contributed by atoms with E-state index in [0.29, 0.717) is 13.1 Å². The first-order valence-electron chi connectivity index (χ1n) is 14.7. The molecular weight excluding hydrogens is 464 g/mol. The first-order valence-corrected chi connectivity index (χ1v) is 16.1. The lowest BCUT2D eigenvalue weighted by Crippen LogP contribution is -2.38. The van der Waals surface area contributed by atoms with Crippen LogP contribution in [0, 0.1) is 6.92 Å². The molecule has 1 N–H and O–H groups in total. The fraction of sp³-hybridized carbons (Fsp3) is 0.806. The predicted octanol–water partition coefficient (Wildman–Crippen LogP) is 9.27. The van der Waals surface area contributed by atoms with Crippen LogP contribution < -0.4 is 4.72 Å². The summed E-state index contributed by atoms with van der Waals surface area (Å²) >= 11 is 0. The Morgan fingerprint density at radius 1 is 0.667 bits per heavy atom. The van der Waals surface area contributed by atoms with Gasteiger partial charge in [-0.1, -0.05) is 137 Å². The predicted molar refractivity (Wildman–Crippen MR) is 159 cm³/mol. The van der Waals surface area contributed by atoms with Crippen LogP contribution in [0.15, 0.2) is 12.1 Å². The fourth-order valence-electron chi connectivity index (χ4n) is 4.76. The van der Waals surface area contributed by atoms with Crippen molar-refractivity contribution in [2.75, 3.05) is 17.8 Å². The molecule has 0 heterocycles. The molecule has 0 amide bonds. The van der Waals surface area contributed by atoms with Crippen LogP contribution in [0.25, 0.3) is 0 Å². The molecule has 1 rings (SSSR count). The van der Waals surface area contributed by atoms with E-state index in [-0.39, 0.29) is 10.8 Å². The summed E-state index contributed by atoms with van der Waals surface area (Å²) in [5, 5.41) is 0. The van der Waals surface area contributed by atoms with E-state index in [9.17, 15) is 8.42 Å². The molecule has 0 aliphatic heterocycles. The minimum absolute atomic E-state index is 0.173. The Hall–Kier alpha value is -1.07. The third-order valence-electron chi connectivity index (χ3n) is 6.99. The van der Waals surface area contributed by atoms with Crippen molar-refractivity contribution >= 4 is 15.9 Å². The summed E-state index contributed by atoms with van der Waals surface area (Å²) in [6.07, 6.45) is 13.9. The maximum absolute atomic E-state index is 13.9. The topological polar surface area (TPSA) is 49.4 Å². The molecule has 4 nitrogen and oxygen atoms in total. The minimum atomic E-state index is -3.67. The molecule has 5 heteroatoms. The molecule has 1 aromatic rings. The molecule has 0 saturated heterocycles. The number of rotatable bonds is 17. The summed E-state index contributed by atoms with van der Waals surface area (Å²) in [5.74, 6) is 0. The summed E-state index contributed by atoms with van der Waals surface area (Å²) in [4.78, 5) is 0. The summed E-state index contributed by atoms with van der Waals surface area (Å²) < 4.78 is 32.6. The van der Waals surface area contributed by atoms with Crippen molar-refractivity contribution in [1.82, 2.24) is 4.31 Å². The van der Waals surface area contributed by atoms with Gasteiger partial charge in [0.25, 0.3) is 0 Å². The lowest BCUT2D eigenvalue weighted by Gasteiger charge is -2.32. The lowest BCUT2D eigenvalue weighted by atomic mass is 9.78. The molecule has 36 heavy (non-hydrogen) atoms. The van der Waals surface area contributed by atoms with Gasteiger partial charge in [-0.25, -0.2) is 0 Å².